The van der Waals surface area contributed by atoms with Crippen molar-refractivity contribution in [2.24, 2.45) is 0 Å². The summed E-state index contributed by atoms with van der Waals surface area (Å²) in [6.45, 7) is 3.93. The minimum atomic E-state index is -0.928. The van der Waals surface area contributed by atoms with E-state index >= 15 is 0 Å². The Labute approximate surface area is 187 Å². The number of hydrogen-bond acceptors (Lipinski definition) is 6. The standard InChI is InChI=1S/C24H28N2O6/c1-3-15-31-23(29)21(25-24(30)32-17-18-9-5-4-6-10-18)13-8-14-26(2)22(28)19-11-7-12-20(27)16-19/h3-7,9-12,16,21,27H,1,8,13-15,17H2,2H3,(H,25,30)/t21-/m0/s1. The number of esters is 1. The molecule has 2 aromatic carbocycles. The molecule has 0 radical (unpaired) electrons. The molecule has 1 atom stereocenters. The summed E-state index contributed by atoms with van der Waals surface area (Å²) in [7, 11) is 1.62. The first-order valence-corrected chi connectivity index (χ1v) is 10.2. The highest BCUT2D eigenvalue weighted by Crippen LogP contribution is 2.13. The fourth-order valence-electron chi connectivity index (χ4n) is 2.89. The van der Waals surface area contributed by atoms with Crippen molar-refractivity contribution in [1.82, 2.24) is 10.2 Å². The van der Waals surface area contributed by atoms with Crippen molar-refractivity contribution < 1.29 is 29.0 Å². The Bertz CT molecular complexity index is 916. The first-order valence-electron chi connectivity index (χ1n) is 10.2. The molecule has 0 saturated heterocycles. The number of phenols is 1. The van der Waals surface area contributed by atoms with Crippen LogP contribution in [-0.4, -0.2) is 54.2 Å². The zero-order chi connectivity index (χ0) is 23.3. The van der Waals surface area contributed by atoms with Crippen LogP contribution in [-0.2, 0) is 20.9 Å². The van der Waals surface area contributed by atoms with Crippen LogP contribution < -0.4 is 5.32 Å². The third-order valence-corrected chi connectivity index (χ3v) is 4.56. The molecule has 0 aliphatic heterocycles. The van der Waals surface area contributed by atoms with E-state index in [1.165, 1.54) is 23.1 Å². The normalized spacial score (nSPS) is 11.2. The van der Waals surface area contributed by atoms with E-state index in [0.717, 1.165) is 5.56 Å². The van der Waals surface area contributed by atoms with E-state index < -0.39 is 18.1 Å². The highest BCUT2D eigenvalue weighted by Gasteiger charge is 2.23. The molecule has 2 N–H and O–H groups in total. The van der Waals surface area contributed by atoms with Gasteiger partial charge in [0, 0.05) is 19.2 Å². The van der Waals surface area contributed by atoms with Crippen LogP contribution in [0.1, 0.15) is 28.8 Å². The number of aromatic hydroxyl groups is 1. The molecule has 0 aliphatic rings. The number of hydrogen-bond donors (Lipinski definition) is 2. The molecule has 0 heterocycles. The second-order valence-electron chi connectivity index (χ2n) is 7.10. The quantitative estimate of drug-likeness (QED) is 0.410. The summed E-state index contributed by atoms with van der Waals surface area (Å²) < 4.78 is 10.3. The largest absolute Gasteiger partial charge is 0.508 e. The fraction of sp³-hybridized carbons (Fsp3) is 0.292. The lowest BCUT2D eigenvalue weighted by Gasteiger charge is -2.20. The first-order chi connectivity index (χ1) is 15.4. The molecule has 0 aliphatic carbocycles. The van der Waals surface area contributed by atoms with Gasteiger partial charge in [-0.3, -0.25) is 4.79 Å². The smallest absolute Gasteiger partial charge is 0.408 e. The predicted octanol–water partition coefficient (Wildman–Crippen LogP) is 3.27. The monoisotopic (exact) mass is 440 g/mol. The second kappa shape index (κ2) is 12.8. The maximum Gasteiger partial charge on any atom is 0.408 e. The Morgan fingerprint density at radius 1 is 1.12 bits per heavy atom. The van der Waals surface area contributed by atoms with Crippen LogP contribution in [0.2, 0.25) is 0 Å². The Morgan fingerprint density at radius 3 is 2.56 bits per heavy atom. The molecular formula is C24H28N2O6. The lowest BCUT2D eigenvalue weighted by atomic mass is 10.1. The Balaban J connectivity index is 1.88. The van der Waals surface area contributed by atoms with E-state index in [1.807, 2.05) is 30.3 Å². The molecule has 2 amide bonds. The highest BCUT2D eigenvalue weighted by atomic mass is 16.6. The van der Waals surface area contributed by atoms with E-state index in [2.05, 4.69) is 11.9 Å². The minimum absolute atomic E-state index is 0.00694. The van der Waals surface area contributed by atoms with Crippen molar-refractivity contribution in [3.8, 4) is 5.75 Å². The number of benzene rings is 2. The van der Waals surface area contributed by atoms with Crippen LogP contribution in [0.5, 0.6) is 5.75 Å². The van der Waals surface area contributed by atoms with Gasteiger partial charge in [-0.2, -0.15) is 0 Å². The van der Waals surface area contributed by atoms with Gasteiger partial charge in [-0.05, 0) is 36.6 Å². The molecule has 2 rings (SSSR count). The van der Waals surface area contributed by atoms with Crippen molar-refractivity contribution in [2.45, 2.75) is 25.5 Å². The SMILES string of the molecule is C=CCOC(=O)[C@H](CCCN(C)C(=O)c1cccc(O)c1)NC(=O)OCc1ccccc1. The van der Waals surface area contributed by atoms with Crippen molar-refractivity contribution in [1.29, 1.82) is 0 Å². The molecular weight excluding hydrogens is 412 g/mol. The number of nitrogens with zero attached hydrogens (tertiary/aromatic N) is 1. The maximum absolute atomic E-state index is 12.5. The topological polar surface area (TPSA) is 105 Å². The summed E-state index contributed by atoms with van der Waals surface area (Å²) in [6, 6.07) is 14.3. The molecule has 170 valence electrons. The zero-order valence-corrected chi connectivity index (χ0v) is 18.0. The molecule has 2 aromatic rings. The molecule has 8 heteroatoms. The van der Waals surface area contributed by atoms with Gasteiger partial charge in [0.05, 0.1) is 0 Å². The first kappa shape index (κ1) is 24.5. The van der Waals surface area contributed by atoms with Crippen LogP contribution in [0.25, 0.3) is 0 Å². The summed E-state index contributed by atoms with van der Waals surface area (Å²) in [6.07, 6.45) is 1.37. The van der Waals surface area contributed by atoms with Crippen LogP contribution in [0.4, 0.5) is 4.79 Å². The van der Waals surface area contributed by atoms with E-state index in [9.17, 15) is 19.5 Å². The molecule has 32 heavy (non-hydrogen) atoms. The molecule has 0 saturated carbocycles. The average Bonchev–Trinajstić information content (AvgIpc) is 2.80. The summed E-state index contributed by atoms with van der Waals surface area (Å²) in [5.74, 6) is -0.863. The third kappa shape index (κ3) is 8.14. The lowest BCUT2D eigenvalue weighted by Crippen LogP contribution is -2.42. The van der Waals surface area contributed by atoms with Crippen molar-refractivity contribution in [3.05, 3.63) is 78.4 Å². The highest BCUT2D eigenvalue weighted by molar-refractivity contribution is 5.94. The van der Waals surface area contributed by atoms with Gasteiger partial charge in [0.1, 0.15) is 25.0 Å². The number of amides is 2. The molecule has 8 nitrogen and oxygen atoms in total. The van der Waals surface area contributed by atoms with Gasteiger partial charge < -0.3 is 24.8 Å². The number of carbonyl (C=O) groups is 3. The van der Waals surface area contributed by atoms with E-state index in [4.69, 9.17) is 9.47 Å². The van der Waals surface area contributed by atoms with E-state index in [1.54, 1.807) is 19.2 Å². The Morgan fingerprint density at radius 2 is 1.88 bits per heavy atom. The summed E-state index contributed by atoms with van der Waals surface area (Å²) in [5.41, 5.74) is 1.18. The molecule has 0 bridgehead atoms. The van der Waals surface area contributed by atoms with Gasteiger partial charge >= 0.3 is 12.1 Å². The van der Waals surface area contributed by atoms with Gasteiger partial charge in [0.2, 0.25) is 0 Å². The van der Waals surface area contributed by atoms with E-state index in [-0.39, 0.29) is 31.3 Å². The number of rotatable bonds is 11. The minimum Gasteiger partial charge on any atom is -0.508 e. The van der Waals surface area contributed by atoms with Gasteiger partial charge in [-0.15, -0.1) is 0 Å². The maximum atomic E-state index is 12.5. The Hall–Kier alpha value is -3.81. The zero-order valence-electron chi connectivity index (χ0n) is 18.0. The second-order valence-corrected chi connectivity index (χ2v) is 7.10. The molecule has 0 fully saturated rings. The summed E-state index contributed by atoms with van der Waals surface area (Å²) in [4.78, 5) is 38.5. The van der Waals surface area contributed by atoms with Crippen molar-refractivity contribution in [2.75, 3.05) is 20.2 Å². The third-order valence-electron chi connectivity index (χ3n) is 4.56. The number of alkyl carbamates (subject to hydrolysis) is 1. The Kier molecular flexibility index (Phi) is 9.77. The van der Waals surface area contributed by atoms with Gasteiger partial charge in [0.15, 0.2) is 0 Å². The number of ether oxygens (including phenoxy) is 2. The predicted molar refractivity (Wildman–Crippen MR) is 119 cm³/mol. The summed E-state index contributed by atoms with van der Waals surface area (Å²) in [5, 5.41) is 12.1. The van der Waals surface area contributed by atoms with Crippen molar-refractivity contribution >= 4 is 18.0 Å². The lowest BCUT2D eigenvalue weighted by molar-refractivity contribution is -0.145. The van der Waals surface area contributed by atoms with E-state index in [0.29, 0.717) is 18.5 Å². The number of carbonyl (C=O) groups excluding carboxylic acids is 3. The molecule has 0 unspecified atom stereocenters. The van der Waals surface area contributed by atoms with Crippen LogP contribution in [0, 0.1) is 0 Å². The van der Waals surface area contributed by atoms with Crippen molar-refractivity contribution in [3.63, 3.8) is 0 Å². The van der Waals surface area contributed by atoms with Crippen LogP contribution in [0.15, 0.2) is 67.3 Å². The van der Waals surface area contributed by atoms with Gasteiger partial charge in [-0.1, -0.05) is 49.1 Å². The van der Waals surface area contributed by atoms with Crippen LogP contribution >= 0.6 is 0 Å². The molecule has 0 spiro atoms. The fourth-order valence-corrected chi connectivity index (χ4v) is 2.89. The molecule has 0 aromatic heterocycles. The summed E-state index contributed by atoms with van der Waals surface area (Å²) >= 11 is 0. The number of phenolic OH excluding ortho intramolecular Hbond substituents is 1. The van der Waals surface area contributed by atoms with Crippen LogP contribution in [0.3, 0.4) is 0 Å². The van der Waals surface area contributed by atoms with Gasteiger partial charge in [0.25, 0.3) is 5.91 Å². The number of nitrogens with one attached hydrogen (secondary N) is 1. The average molecular weight is 440 g/mol. The van der Waals surface area contributed by atoms with Gasteiger partial charge in [-0.25, -0.2) is 9.59 Å².